The normalized spacial score (nSPS) is 16.6. The van der Waals surface area contributed by atoms with Crippen molar-refractivity contribution in [1.82, 2.24) is 20.9 Å². The molecule has 12 nitrogen and oxygen atoms in total. The highest BCUT2D eigenvalue weighted by atomic mass is 16.6. The number of amides is 3. The number of aliphatic hydroxyl groups excluding tert-OH is 1. The zero-order valence-electron chi connectivity index (χ0n) is 30.5. The van der Waals surface area contributed by atoms with Crippen LogP contribution in [-0.2, 0) is 19.0 Å². The first-order valence-corrected chi connectivity index (χ1v) is 17.5. The molecule has 12 heteroatoms. The summed E-state index contributed by atoms with van der Waals surface area (Å²) in [5, 5.41) is 20.6. The predicted molar refractivity (Wildman–Crippen MR) is 186 cm³/mol. The second kappa shape index (κ2) is 21.2. The maximum absolute atomic E-state index is 13.3. The van der Waals surface area contributed by atoms with E-state index >= 15 is 0 Å². The van der Waals surface area contributed by atoms with Crippen LogP contribution in [0.2, 0.25) is 0 Å². The Kier molecular flexibility index (Phi) is 18.2. The Hall–Kier alpha value is -2.93. The van der Waals surface area contributed by atoms with Gasteiger partial charge in [0.25, 0.3) is 5.91 Å². The maximum Gasteiger partial charge on any atom is 0.407 e. The Morgan fingerprint density at radius 2 is 1.67 bits per heavy atom. The van der Waals surface area contributed by atoms with E-state index in [9.17, 15) is 19.5 Å². The fourth-order valence-electron chi connectivity index (χ4n) is 5.57. The number of nitrogens with zero attached hydrogens (tertiary/aromatic N) is 1. The average molecular weight is 679 g/mol. The number of para-hydroxylation sites is 1. The molecule has 48 heavy (non-hydrogen) atoms. The number of hydrogen-bond donors (Lipinski definition) is 4. The van der Waals surface area contributed by atoms with Gasteiger partial charge < -0.3 is 40.0 Å². The van der Waals surface area contributed by atoms with Gasteiger partial charge in [-0.3, -0.25) is 14.5 Å². The molecule has 0 aliphatic carbocycles. The lowest BCUT2D eigenvalue weighted by Crippen LogP contribution is -2.49. The van der Waals surface area contributed by atoms with Crippen LogP contribution < -0.4 is 20.7 Å². The lowest BCUT2D eigenvalue weighted by atomic mass is 9.82. The van der Waals surface area contributed by atoms with Crippen molar-refractivity contribution in [2.45, 2.75) is 85.5 Å². The van der Waals surface area contributed by atoms with E-state index in [2.05, 4.69) is 20.9 Å². The first-order valence-electron chi connectivity index (χ1n) is 17.5. The fourth-order valence-corrected chi connectivity index (χ4v) is 5.57. The van der Waals surface area contributed by atoms with E-state index in [1.54, 1.807) is 46.1 Å². The molecule has 0 bridgehead atoms. The van der Waals surface area contributed by atoms with Crippen molar-refractivity contribution in [1.29, 1.82) is 0 Å². The van der Waals surface area contributed by atoms with Gasteiger partial charge in [-0.15, -0.1) is 0 Å². The molecule has 1 aliphatic rings. The third kappa shape index (κ3) is 15.5. The Labute approximate surface area is 288 Å². The lowest BCUT2D eigenvalue weighted by Gasteiger charge is -2.33. The third-order valence-electron chi connectivity index (χ3n) is 8.54. The van der Waals surface area contributed by atoms with Gasteiger partial charge in [0.1, 0.15) is 11.4 Å². The molecule has 4 atom stereocenters. The first-order chi connectivity index (χ1) is 22.7. The summed E-state index contributed by atoms with van der Waals surface area (Å²) in [7, 11) is 1.63. The predicted octanol–water partition coefficient (Wildman–Crippen LogP) is 3.86. The minimum absolute atomic E-state index is 0.0396. The first kappa shape index (κ1) is 41.2. The van der Waals surface area contributed by atoms with Crippen LogP contribution in [0.25, 0.3) is 0 Å². The molecule has 0 saturated carbocycles. The molecule has 1 saturated heterocycles. The van der Waals surface area contributed by atoms with Gasteiger partial charge in [0.2, 0.25) is 5.91 Å². The van der Waals surface area contributed by atoms with Gasteiger partial charge in [-0.25, -0.2) is 4.79 Å². The standard InChI is InChI=1S/C36H62N4O8/c1-25(2)27(24-38-33(42)28-12-9-10-13-32(28)47-19-11-18-45-8)22-30(39-35(44)48-36(5,6)7)31(41)23-29(26(3)4)34(43)37-14-15-40-16-20-46-21-17-40/h9-10,12-13,25-27,29-31,41H,11,14-24H2,1-8H3,(H,37,43)(H,38,42)(H,39,44)/t27-,29+,30+,31+/m1/s1. The van der Waals surface area contributed by atoms with Crippen molar-refractivity contribution >= 4 is 17.9 Å². The summed E-state index contributed by atoms with van der Waals surface area (Å²) in [6.07, 6.45) is -0.463. The summed E-state index contributed by atoms with van der Waals surface area (Å²) in [6, 6.07) is 6.38. The number of carbonyl (C=O) groups is 3. The Balaban J connectivity index is 2.13. The molecular formula is C36H62N4O8. The third-order valence-corrected chi connectivity index (χ3v) is 8.54. The van der Waals surface area contributed by atoms with Crippen LogP contribution in [0.1, 0.15) is 78.1 Å². The van der Waals surface area contributed by atoms with Crippen molar-refractivity contribution in [3.8, 4) is 5.75 Å². The Bertz CT molecular complexity index is 1100. The van der Waals surface area contributed by atoms with Gasteiger partial charge in [-0.1, -0.05) is 39.8 Å². The molecule has 0 unspecified atom stereocenters. The van der Waals surface area contributed by atoms with Crippen LogP contribution in [-0.4, -0.2) is 112 Å². The monoisotopic (exact) mass is 678 g/mol. The molecule has 0 radical (unpaired) electrons. The number of aliphatic hydroxyl groups is 1. The Morgan fingerprint density at radius 1 is 0.979 bits per heavy atom. The van der Waals surface area contributed by atoms with Crippen molar-refractivity contribution in [3.63, 3.8) is 0 Å². The largest absolute Gasteiger partial charge is 0.493 e. The SMILES string of the molecule is COCCCOc1ccccc1C(=O)NC[C@@H](C[C@H](NC(=O)OC(C)(C)C)[C@@H](O)C[C@H](C(=O)NCCN1CCOCC1)C(C)C)C(C)C. The van der Waals surface area contributed by atoms with Crippen LogP contribution in [0, 0.1) is 23.7 Å². The van der Waals surface area contributed by atoms with Crippen molar-refractivity contribution in [2.24, 2.45) is 23.7 Å². The minimum Gasteiger partial charge on any atom is -0.493 e. The van der Waals surface area contributed by atoms with E-state index in [-0.39, 0.29) is 36.0 Å². The summed E-state index contributed by atoms with van der Waals surface area (Å²) >= 11 is 0. The number of carbonyl (C=O) groups excluding carboxylic acids is 3. The van der Waals surface area contributed by atoms with Crippen molar-refractivity contribution < 1.29 is 38.4 Å². The second-order valence-corrected chi connectivity index (χ2v) is 14.3. The number of alkyl carbamates (subject to hydrolysis) is 1. The number of hydrogen-bond acceptors (Lipinski definition) is 9. The summed E-state index contributed by atoms with van der Waals surface area (Å²) in [5.41, 5.74) is -0.300. The molecule has 1 heterocycles. The highest BCUT2D eigenvalue weighted by Gasteiger charge is 2.33. The molecule has 274 valence electrons. The number of methoxy groups -OCH3 is 1. The number of ether oxygens (including phenoxy) is 4. The molecular weight excluding hydrogens is 616 g/mol. The van der Waals surface area contributed by atoms with Gasteiger partial charge in [0.15, 0.2) is 0 Å². The number of benzene rings is 1. The van der Waals surface area contributed by atoms with Gasteiger partial charge in [-0.2, -0.15) is 0 Å². The van der Waals surface area contributed by atoms with Gasteiger partial charge in [0, 0.05) is 58.8 Å². The van der Waals surface area contributed by atoms with Crippen LogP contribution in [0.5, 0.6) is 5.75 Å². The van der Waals surface area contributed by atoms with Crippen molar-refractivity contribution in [3.05, 3.63) is 29.8 Å². The van der Waals surface area contributed by atoms with E-state index in [1.165, 1.54) is 0 Å². The smallest absolute Gasteiger partial charge is 0.407 e. The summed E-state index contributed by atoms with van der Waals surface area (Å²) in [4.78, 5) is 41.8. The number of nitrogens with one attached hydrogen (secondary N) is 3. The minimum atomic E-state index is -1.03. The Morgan fingerprint density at radius 3 is 2.29 bits per heavy atom. The molecule has 1 aromatic carbocycles. The van der Waals surface area contributed by atoms with E-state index in [4.69, 9.17) is 18.9 Å². The summed E-state index contributed by atoms with van der Waals surface area (Å²) in [5.74, 6) is -0.413. The van der Waals surface area contributed by atoms with Crippen LogP contribution in [0.3, 0.4) is 0 Å². The highest BCUT2D eigenvalue weighted by molar-refractivity contribution is 5.96. The number of rotatable bonds is 20. The molecule has 0 aromatic heterocycles. The molecule has 4 N–H and O–H groups in total. The van der Waals surface area contributed by atoms with Gasteiger partial charge >= 0.3 is 6.09 Å². The van der Waals surface area contributed by atoms with E-state index in [1.807, 2.05) is 33.8 Å². The average Bonchev–Trinajstić information content (AvgIpc) is 3.02. The summed E-state index contributed by atoms with van der Waals surface area (Å²) < 4.78 is 21.9. The van der Waals surface area contributed by atoms with E-state index in [0.717, 1.165) is 19.6 Å². The molecule has 3 amide bonds. The number of morpholine rings is 1. The van der Waals surface area contributed by atoms with Crippen LogP contribution in [0.4, 0.5) is 4.79 Å². The van der Waals surface area contributed by atoms with E-state index in [0.29, 0.717) is 63.7 Å². The molecule has 0 spiro atoms. The maximum atomic E-state index is 13.3. The second-order valence-electron chi connectivity index (χ2n) is 14.3. The molecule has 1 fully saturated rings. The zero-order valence-corrected chi connectivity index (χ0v) is 30.5. The lowest BCUT2D eigenvalue weighted by molar-refractivity contribution is -0.127. The molecule has 2 rings (SSSR count). The molecule has 1 aromatic rings. The topological polar surface area (TPSA) is 148 Å². The van der Waals surface area contributed by atoms with Gasteiger partial charge in [0.05, 0.1) is 37.5 Å². The van der Waals surface area contributed by atoms with Crippen molar-refractivity contribution in [2.75, 3.05) is 66.3 Å². The van der Waals surface area contributed by atoms with Gasteiger partial charge in [-0.05, 0) is 63.5 Å². The highest BCUT2D eigenvalue weighted by Crippen LogP contribution is 2.25. The van der Waals surface area contributed by atoms with Crippen LogP contribution >= 0.6 is 0 Å². The van der Waals surface area contributed by atoms with E-state index < -0.39 is 29.8 Å². The quantitative estimate of drug-likeness (QED) is 0.151. The molecule has 1 aliphatic heterocycles. The van der Waals surface area contributed by atoms with Crippen LogP contribution in [0.15, 0.2) is 24.3 Å². The fraction of sp³-hybridized carbons (Fsp3) is 0.750. The summed E-state index contributed by atoms with van der Waals surface area (Å²) in [6.45, 7) is 18.9. The zero-order chi connectivity index (χ0) is 35.7.